The predicted octanol–water partition coefficient (Wildman–Crippen LogP) is 3.98. The minimum atomic E-state index is -0.464. The number of carbonyl (C=O) groups excluding carboxylic acids is 1. The maximum atomic E-state index is 12.3. The molecule has 0 atom stereocenters. The van der Waals surface area contributed by atoms with Gasteiger partial charge >= 0.3 is 0 Å². The zero-order chi connectivity index (χ0) is 19.0. The normalized spacial score (nSPS) is 17.0. The summed E-state index contributed by atoms with van der Waals surface area (Å²) >= 11 is 1.24. The molecule has 3 aromatic rings. The molecular weight excluding hydrogens is 364 g/mol. The van der Waals surface area contributed by atoms with Crippen molar-refractivity contribution in [1.82, 2.24) is 9.88 Å². The van der Waals surface area contributed by atoms with Crippen molar-refractivity contribution in [2.75, 3.05) is 0 Å². The number of rotatable bonds is 3. The number of benzene rings is 2. The van der Waals surface area contributed by atoms with Crippen LogP contribution in [0.25, 0.3) is 17.0 Å². The van der Waals surface area contributed by atoms with Gasteiger partial charge in [0.25, 0.3) is 11.6 Å². The Morgan fingerprint density at radius 3 is 2.67 bits per heavy atom. The topological polar surface area (TPSA) is 89.5 Å². The summed E-state index contributed by atoms with van der Waals surface area (Å²) in [6.07, 6.45) is 3.83. The van der Waals surface area contributed by atoms with Crippen molar-refractivity contribution < 1.29 is 9.72 Å². The first-order valence-electron chi connectivity index (χ1n) is 8.09. The van der Waals surface area contributed by atoms with Gasteiger partial charge in [-0.25, -0.2) is 4.99 Å². The highest BCUT2D eigenvalue weighted by Gasteiger charge is 2.24. The Hall–Kier alpha value is -3.39. The maximum absolute atomic E-state index is 12.3. The number of thioether (sulfide) groups is 1. The molecule has 27 heavy (non-hydrogen) atoms. The van der Waals surface area contributed by atoms with Crippen LogP contribution in [-0.4, -0.2) is 20.6 Å². The minimum absolute atomic E-state index is 0.00130. The van der Waals surface area contributed by atoms with Gasteiger partial charge in [-0.2, -0.15) is 0 Å². The first kappa shape index (κ1) is 17.0. The van der Waals surface area contributed by atoms with Gasteiger partial charge in [0.15, 0.2) is 5.17 Å². The Morgan fingerprint density at radius 1 is 1.19 bits per heavy atom. The number of aliphatic imine (C=N–C) groups is 1. The highest BCUT2D eigenvalue weighted by Crippen LogP contribution is 2.31. The van der Waals surface area contributed by atoms with Crippen LogP contribution >= 0.6 is 11.8 Å². The third kappa shape index (κ3) is 3.34. The van der Waals surface area contributed by atoms with Gasteiger partial charge in [-0.15, -0.1) is 0 Å². The summed E-state index contributed by atoms with van der Waals surface area (Å²) in [5.41, 5.74) is 2.59. The number of aromatic nitrogens is 1. The van der Waals surface area contributed by atoms with Gasteiger partial charge in [0.05, 0.1) is 15.5 Å². The van der Waals surface area contributed by atoms with E-state index in [1.54, 1.807) is 12.1 Å². The number of hydrogen-bond acceptors (Lipinski definition) is 5. The van der Waals surface area contributed by atoms with E-state index in [9.17, 15) is 14.9 Å². The van der Waals surface area contributed by atoms with E-state index in [2.05, 4.69) is 10.3 Å². The smallest absolute Gasteiger partial charge is 0.269 e. The highest BCUT2D eigenvalue weighted by molar-refractivity contribution is 8.18. The number of nitrogens with zero attached hydrogens (tertiary/aromatic N) is 3. The molecule has 0 unspecified atom stereocenters. The van der Waals surface area contributed by atoms with Crippen LogP contribution in [0.15, 0.2) is 64.6 Å². The average Bonchev–Trinajstić information content (AvgIpc) is 3.16. The Bertz CT molecular complexity index is 1130. The fourth-order valence-electron chi connectivity index (χ4n) is 2.88. The van der Waals surface area contributed by atoms with Crippen molar-refractivity contribution in [3.63, 3.8) is 0 Å². The van der Waals surface area contributed by atoms with E-state index in [-0.39, 0.29) is 11.6 Å². The van der Waals surface area contributed by atoms with Gasteiger partial charge in [-0.3, -0.25) is 14.9 Å². The molecule has 2 heterocycles. The molecule has 0 saturated carbocycles. The number of aryl methyl sites for hydroxylation is 1. The van der Waals surface area contributed by atoms with Crippen LogP contribution in [-0.2, 0) is 11.8 Å². The number of nitrogens with one attached hydrogen (secondary N) is 1. The van der Waals surface area contributed by atoms with Gasteiger partial charge in [-0.1, -0.05) is 18.2 Å². The van der Waals surface area contributed by atoms with Crippen LogP contribution in [0.5, 0.6) is 0 Å². The number of carbonyl (C=O) groups is 1. The lowest BCUT2D eigenvalue weighted by molar-refractivity contribution is -0.384. The molecule has 1 aromatic heterocycles. The molecule has 1 saturated heterocycles. The molecule has 0 radical (unpaired) electrons. The Balaban J connectivity index is 1.62. The third-order valence-electron chi connectivity index (χ3n) is 4.16. The van der Waals surface area contributed by atoms with Gasteiger partial charge < -0.3 is 9.88 Å². The number of nitro benzene ring substituents is 1. The summed E-state index contributed by atoms with van der Waals surface area (Å²) in [5.74, 6) is -0.214. The zero-order valence-corrected chi connectivity index (χ0v) is 15.1. The molecule has 1 aliphatic rings. The summed E-state index contributed by atoms with van der Waals surface area (Å²) in [7, 11) is 1.97. The second-order valence-corrected chi connectivity index (χ2v) is 7.00. The van der Waals surface area contributed by atoms with Crippen LogP contribution in [0.2, 0.25) is 0 Å². The molecule has 7 nitrogen and oxygen atoms in total. The second-order valence-electron chi connectivity index (χ2n) is 5.97. The molecule has 2 aromatic carbocycles. The van der Waals surface area contributed by atoms with Gasteiger partial charge in [0.1, 0.15) is 0 Å². The van der Waals surface area contributed by atoms with Crippen LogP contribution < -0.4 is 5.32 Å². The largest absolute Gasteiger partial charge is 0.350 e. The number of amidine groups is 1. The van der Waals surface area contributed by atoms with Crippen molar-refractivity contribution >= 4 is 51.2 Å². The molecule has 1 aliphatic heterocycles. The maximum Gasteiger partial charge on any atom is 0.269 e. The summed E-state index contributed by atoms with van der Waals surface area (Å²) < 4.78 is 2.02. The molecule has 0 spiro atoms. The predicted molar refractivity (Wildman–Crippen MR) is 107 cm³/mol. The number of non-ortho nitro benzene ring substituents is 1. The Morgan fingerprint density at radius 2 is 1.93 bits per heavy atom. The zero-order valence-electron chi connectivity index (χ0n) is 14.2. The van der Waals surface area contributed by atoms with Gasteiger partial charge in [0, 0.05) is 41.8 Å². The molecule has 134 valence electrons. The second kappa shape index (κ2) is 6.73. The molecule has 8 heteroatoms. The number of para-hydroxylation sites is 1. The van der Waals surface area contributed by atoms with E-state index in [0.717, 1.165) is 16.5 Å². The molecule has 0 bridgehead atoms. The number of nitro groups is 1. The minimum Gasteiger partial charge on any atom is -0.350 e. The Kier molecular flexibility index (Phi) is 4.25. The summed E-state index contributed by atoms with van der Waals surface area (Å²) in [4.78, 5) is 27.4. The van der Waals surface area contributed by atoms with Gasteiger partial charge in [-0.05, 0) is 36.0 Å². The van der Waals surface area contributed by atoms with E-state index in [4.69, 9.17) is 0 Å². The monoisotopic (exact) mass is 378 g/mol. The van der Waals surface area contributed by atoms with Gasteiger partial charge in [0.2, 0.25) is 0 Å². The molecule has 0 aliphatic carbocycles. The van der Waals surface area contributed by atoms with E-state index in [0.29, 0.717) is 15.8 Å². The fourth-order valence-corrected chi connectivity index (χ4v) is 3.71. The standard InChI is InChI=1S/C19H14N4O3S/c1-22-11-12(15-4-2-3-5-16(15)22)10-17-18(24)21-19(27-17)20-13-6-8-14(9-7-13)23(25)26/h2-11H,1H3,(H,20,21,24)/b17-10-. The van der Waals surface area contributed by atoms with Crippen LogP contribution in [0, 0.1) is 10.1 Å². The first-order chi connectivity index (χ1) is 13.0. The summed E-state index contributed by atoms with van der Waals surface area (Å²) in [6.45, 7) is 0. The number of hydrogen-bond donors (Lipinski definition) is 1. The summed E-state index contributed by atoms with van der Waals surface area (Å²) in [5, 5.41) is 15.0. The third-order valence-corrected chi connectivity index (χ3v) is 5.07. The molecule has 4 rings (SSSR count). The molecular formula is C19H14N4O3S. The van der Waals surface area contributed by atoms with Crippen molar-refractivity contribution in [3.05, 3.63) is 75.3 Å². The Labute approximate surface area is 158 Å². The highest BCUT2D eigenvalue weighted by atomic mass is 32.2. The SMILES string of the molecule is Cn1cc(/C=C2\SC(=Nc3ccc([N+](=O)[O-])cc3)NC2=O)c2ccccc21. The quantitative estimate of drug-likeness (QED) is 0.424. The van der Waals surface area contributed by atoms with Crippen LogP contribution in [0.1, 0.15) is 5.56 Å². The van der Waals surface area contributed by atoms with Crippen LogP contribution in [0.4, 0.5) is 11.4 Å². The molecule has 1 amide bonds. The first-order valence-corrected chi connectivity index (χ1v) is 8.91. The lowest BCUT2D eigenvalue weighted by atomic mass is 10.1. The van der Waals surface area contributed by atoms with E-state index in [1.807, 2.05) is 48.2 Å². The van der Waals surface area contributed by atoms with E-state index >= 15 is 0 Å². The number of amides is 1. The van der Waals surface area contributed by atoms with Crippen LogP contribution in [0.3, 0.4) is 0 Å². The molecule has 1 N–H and O–H groups in total. The van der Waals surface area contributed by atoms with E-state index < -0.39 is 4.92 Å². The lowest BCUT2D eigenvalue weighted by Crippen LogP contribution is -2.19. The van der Waals surface area contributed by atoms with E-state index in [1.165, 1.54) is 23.9 Å². The van der Waals surface area contributed by atoms with Crippen molar-refractivity contribution in [1.29, 1.82) is 0 Å². The fraction of sp³-hybridized carbons (Fsp3) is 0.0526. The lowest BCUT2D eigenvalue weighted by Gasteiger charge is -1.96. The number of fused-ring (bicyclic) bond motifs is 1. The van der Waals surface area contributed by atoms with Crippen molar-refractivity contribution in [2.24, 2.45) is 12.0 Å². The van der Waals surface area contributed by atoms with Crippen molar-refractivity contribution in [3.8, 4) is 0 Å². The molecule has 1 fully saturated rings. The summed E-state index contributed by atoms with van der Waals surface area (Å²) in [6, 6.07) is 13.8. The average molecular weight is 378 g/mol. The van der Waals surface area contributed by atoms with Crippen molar-refractivity contribution in [2.45, 2.75) is 0 Å².